The van der Waals surface area contributed by atoms with Crippen molar-refractivity contribution in [1.29, 1.82) is 0 Å². The first kappa shape index (κ1) is 27.9. The van der Waals surface area contributed by atoms with Gasteiger partial charge >= 0.3 is 21.4 Å². The molecule has 0 aromatic heterocycles. The molecule has 31 heavy (non-hydrogen) atoms. The molecule has 14 heteroatoms. The van der Waals surface area contributed by atoms with Gasteiger partial charge in [0.2, 0.25) is 5.44 Å². The van der Waals surface area contributed by atoms with Gasteiger partial charge in [-0.15, -0.1) is 0 Å². The molecule has 0 N–H and O–H groups in total. The number of hydrogen-bond acceptors (Lipinski definition) is 8. The Morgan fingerprint density at radius 2 is 1.29 bits per heavy atom. The van der Waals surface area contributed by atoms with Gasteiger partial charge in [-0.05, 0) is 46.8 Å². The molecule has 0 saturated carbocycles. The minimum absolute atomic E-state index is 0.279. The predicted octanol–water partition coefficient (Wildman–Crippen LogP) is 5.50. The van der Waals surface area contributed by atoms with Crippen molar-refractivity contribution < 1.29 is 44.4 Å². The summed E-state index contributed by atoms with van der Waals surface area (Å²) >= 11 is 0. The fourth-order valence-corrected chi connectivity index (χ4v) is 8.96. The molecule has 0 bridgehead atoms. The van der Waals surface area contributed by atoms with Crippen LogP contribution in [0.1, 0.15) is 33.3 Å². The number of benzene rings is 1. The topological polar surface area (TPSA) is 108 Å². The second-order valence-corrected chi connectivity index (χ2v) is 11.6. The van der Waals surface area contributed by atoms with Crippen LogP contribution in [0.5, 0.6) is 0 Å². The number of halogens is 2. The van der Waals surface area contributed by atoms with E-state index in [1.54, 1.807) is 6.92 Å². The van der Waals surface area contributed by atoms with E-state index in [0.717, 1.165) is 12.1 Å². The lowest BCUT2D eigenvalue weighted by molar-refractivity contribution is 0.188. The summed E-state index contributed by atoms with van der Waals surface area (Å²) in [6.07, 6.45) is -2.74. The number of sulfonamides is 1. The van der Waals surface area contributed by atoms with E-state index in [-0.39, 0.29) is 30.5 Å². The van der Waals surface area contributed by atoms with Crippen LogP contribution in [-0.2, 0) is 37.2 Å². The van der Waals surface area contributed by atoms with E-state index in [0.29, 0.717) is 5.56 Å². The highest BCUT2D eigenvalue weighted by atomic mass is 32.2. The fourth-order valence-electron chi connectivity index (χ4n) is 2.42. The molecule has 0 unspecified atom stereocenters. The van der Waals surface area contributed by atoms with Crippen LogP contribution in [0.25, 0.3) is 0 Å². The molecular formula is C17H27F2NO8P2S. The highest BCUT2D eigenvalue weighted by Crippen LogP contribution is 2.68. The summed E-state index contributed by atoms with van der Waals surface area (Å²) in [6.45, 7) is 5.68. The van der Waals surface area contributed by atoms with Gasteiger partial charge in [0.25, 0.3) is 10.0 Å². The van der Waals surface area contributed by atoms with Gasteiger partial charge in [-0.25, -0.2) is 13.0 Å². The van der Waals surface area contributed by atoms with Crippen molar-refractivity contribution in [3.05, 3.63) is 41.3 Å². The Labute approximate surface area is 181 Å². The van der Waals surface area contributed by atoms with Crippen LogP contribution in [0.3, 0.4) is 0 Å². The Bertz CT molecular complexity index is 945. The fraction of sp³-hybridized carbons (Fsp3) is 0.529. The van der Waals surface area contributed by atoms with Gasteiger partial charge in [0.1, 0.15) is 0 Å². The van der Waals surface area contributed by atoms with Crippen molar-refractivity contribution in [3.8, 4) is 0 Å². The minimum Gasteiger partial charge on any atom is -0.304 e. The predicted molar refractivity (Wildman–Crippen MR) is 111 cm³/mol. The van der Waals surface area contributed by atoms with Crippen molar-refractivity contribution in [2.45, 2.75) is 39.5 Å². The Hall–Kier alpha value is -1.13. The minimum atomic E-state index is -5.03. The SMILES string of the molecule is CCOP(=O)(OCC)C(=C(F)F)N(P(=O)(OCC)OCC)S(=O)(=O)c1ccc(C)cc1. The smallest absolute Gasteiger partial charge is 0.304 e. The molecule has 1 rings (SSSR count). The van der Waals surface area contributed by atoms with E-state index in [2.05, 4.69) is 0 Å². The summed E-state index contributed by atoms with van der Waals surface area (Å²) < 4.78 is 102. The molecule has 0 aliphatic rings. The lowest BCUT2D eigenvalue weighted by Gasteiger charge is -2.33. The maximum Gasteiger partial charge on any atom is 0.449 e. The first-order chi connectivity index (χ1) is 14.4. The van der Waals surface area contributed by atoms with Crippen LogP contribution in [0.4, 0.5) is 8.78 Å². The molecule has 0 amide bonds. The molecule has 0 radical (unpaired) electrons. The van der Waals surface area contributed by atoms with Gasteiger partial charge in [0, 0.05) is 0 Å². The van der Waals surface area contributed by atoms with Gasteiger partial charge in [0.15, 0.2) is 0 Å². The van der Waals surface area contributed by atoms with Gasteiger partial charge in [0.05, 0.1) is 31.3 Å². The zero-order chi connectivity index (χ0) is 23.9. The van der Waals surface area contributed by atoms with Crippen LogP contribution in [0.15, 0.2) is 40.7 Å². The molecule has 0 fully saturated rings. The molecule has 9 nitrogen and oxygen atoms in total. The van der Waals surface area contributed by atoms with E-state index in [1.165, 1.54) is 39.8 Å². The molecule has 0 aliphatic heterocycles. The first-order valence-corrected chi connectivity index (χ1v) is 13.9. The van der Waals surface area contributed by atoms with Crippen LogP contribution in [0.2, 0.25) is 0 Å². The van der Waals surface area contributed by atoms with Crippen molar-refractivity contribution in [2.24, 2.45) is 0 Å². The molecule has 1 aromatic carbocycles. The summed E-state index contributed by atoms with van der Waals surface area (Å²) in [5.74, 6) is 0. The Morgan fingerprint density at radius 3 is 1.65 bits per heavy atom. The number of rotatable bonds is 13. The lowest BCUT2D eigenvalue weighted by atomic mass is 10.2. The summed E-state index contributed by atoms with van der Waals surface area (Å²) in [6, 6.07) is 5.08. The van der Waals surface area contributed by atoms with Gasteiger partial charge in [-0.3, -0.25) is 13.6 Å². The first-order valence-electron chi connectivity index (χ1n) is 9.40. The zero-order valence-corrected chi connectivity index (χ0v) is 20.5. The molecule has 1 aromatic rings. The zero-order valence-electron chi connectivity index (χ0n) is 17.9. The average Bonchev–Trinajstić information content (AvgIpc) is 2.66. The maximum absolute atomic E-state index is 14.2. The van der Waals surface area contributed by atoms with Crippen LogP contribution in [0, 0.1) is 6.92 Å². The summed E-state index contributed by atoms with van der Waals surface area (Å²) in [5, 5.41) is 0. The second-order valence-electron chi connectivity index (χ2n) is 5.78. The van der Waals surface area contributed by atoms with Gasteiger partial charge < -0.3 is 9.05 Å². The quantitative estimate of drug-likeness (QED) is 0.324. The molecule has 0 aliphatic carbocycles. The molecule has 0 atom stereocenters. The average molecular weight is 505 g/mol. The van der Waals surface area contributed by atoms with Crippen molar-refractivity contribution in [1.82, 2.24) is 4.08 Å². The normalized spacial score (nSPS) is 12.6. The number of aryl methyl sites for hydroxylation is 1. The van der Waals surface area contributed by atoms with Crippen LogP contribution < -0.4 is 0 Å². The maximum atomic E-state index is 14.2. The van der Waals surface area contributed by atoms with Crippen molar-refractivity contribution in [2.75, 3.05) is 26.4 Å². The van der Waals surface area contributed by atoms with E-state index >= 15 is 0 Å². The largest absolute Gasteiger partial charge is 0.449 e. The van der Waals surface area contributed by atoms with Crippen molar-refractivity contribution in [3.63, 3.8) is 0 Å². The molecule has 0 saturated heterocycles. The van der Waals surface area contributed by atoms with E-state index in [1.807, 2.05) is 0 Å². The van der Waals surface area contributed by atoms with E-state index < -0.39 is 41.8 Å². The molecule has 0 heterocycles. The molecular weight excluding hydrogens is 478 g/mol. The monoisotopic (exact) mass is 505 g/mol. The summed E-state index contributed by atoms with van der Waals surface area (Å²) in [4.78, 5) is -0.504. The second kappa shape index (κ2) is 11.7. The molecule has 0 spiro atoms. The van der Waals surface area contributed by atoms with Crippen LogP contribution in [-0.4, -0.2) is 38.9 Å². The Morgan fingerprint density at radius 1 is 0.871 bits per heavy atom. The number of hydrogen-bond donors (Lipinski definition) is 0. The van der Waals surface area contributed by atoms with E-state index in [9.17, 15) is 26.3 Å². The third kappa shape index (κ3) is 6.44. The standard InChI is InChI=1S/C17H27F2NO8P2S/c1-6-25-29(21,26-7-2)17(16(18)19)20(30(22,27-8-3)28-9-4)31(23,24)15-12-10-14(5)11-13-15/h10-13H,6-9H2,1-5H3. The Kier molecular flexibility index (Phi) is 10.5. The van der Waals surface area contributed by atoms with Crippen LogP contribution >= 0.6 is 15.3 Å². The summed E-state index contributed by atoms with van der Waals surface area (Å²) in [5.41, 5.74) is -1.04. The lowest BCUT2D eigenvalue weighted by Crippen LogP contribution is -2.31. The third-order valence-electron chi connectivity index (χ3n) is 3.56. The molecule has 178 valence electrons. The number of nitrogens with zero attached hydrogens (tertiary/aromatic N) is 1. The summed E-state index contributed by atoms with van der Waals surface area (Å²) in [7, 11) is -15.0. The Balaban J connectivity index is 4.00. The van der Waals surface area contributed by atoms with E-state index in [4.69, 9.17) is 18.1 Å². The van der Waals surface area contributed by atoms with Gasteiger partial charge in [-0.2, -0.15) is 12.9 Å². The third-order valence-corrected chi connectivity index (χ3v) is 10.5. The highest BCUT2D eigenvalue weighted by molar-refractivity contribution is 7.95. The van der Waals surface area contributed by atoms with Crippen molar-refractivity contribution >= 4 is 25.4 Å². The highest BCUT2D eigenvalue weighted by Gasteiger charge is 2.53. The van der Waals surface area contributed by atoms with Gasteiger partial charge in [-0.1, -0.05) is 17.7 Å².